The molecule has 1 saturated carbocycles. The first-order valence-electron chi connectivity index (χ1n) is 4.17. The van der Waals surface area contributed by atoms with Crippen LogP contribution in [0.2, 0.25) is 0 Å². The summed E-state index contributed by atoms with van der Waals surface area (Å²) >= 11 is 0. The Kier molecular flexibility index (Phi) is 10.1. The molecule has 76 valence electrons. The summed E-state index contributed by atoms with van der Waals surface area (Å²) in [5, 5.41) is 3.51. The van der Waals surface area contributed by atoms with Gasteiger partial charge in [0.15, 0.2) is 0 Å². The van der Waals surface area contributed by atoms with Gasteiger partial charge >= 0.3 is 0 Å². The second kappa shape index (κ2) is 8.11. The summed E-state index contributed by atoms with van der Waals surface area (Å²) in [6, 6.07) is 0.847. The fourth-order valence-corrected chi connectivity index (χ4v) is 1.10. The van der Waals surface area contributed by atoms with Gasteiger partial charge in [-0.2, -0.15) is 0 Å². The first-order valence-corrected chi connectivity index (χ1v) is 4.17. The lowest BCUT2D eigenvalue weighted by atomic mass is 9.93. The van der Waals surface area contributed by atoms with E-state index in [9.17, 15) is 0 Å². The number of rotatable bonds is 4. The number of nitrogens with zero attached hydrogens (tertiary/aromatic N) is 1. The Bertz CT molecular complexity index is 95.1. The molecular weight excluding hydrogens is 195 g/mol. The number of halogens is 2. The Morgan fingerprint density at radius 1 is 1.25 bits per heavy atom. The normalized spacial score (nSPS) is 16.2. The van der Waals surface area contributed by atoms with Gasteiger partial charge in [0.25, 0.3) is 0 Å². The van der Waals surface area contributed by atoms with Gasteiger partial charge in [0.05, 0.1) is 0 Å². The Hall–Kier alpha value is 0.500. The Balaban J connectivity index is 0. The minimum atomic E-state index is 0. The van der Waals surface area contributed by atoms with E-state index in [4.69, 9.17) is 0 Å². The molecule has 1 aliphatic rings. The predicted molar refractivity (Wildman–Crippen MR) is 58.7 cm³/mol. The fraction of sp³-hybridized carbons (Fsp3) is 1.00. The van der Waals surface area contributed by atoms with Crippen LogP contribution < -0.4 is 5.32 Å². The maximum absolute atomic E-state index is 3.51. The Morgan fingerprint density at radius 3 is 2.17 bits per heavy atom. The van der Waals surface area contributed by atoms with Crippen molar-refractivity contribution in [2.24, 2.45) is 0 Å². The van der Waals surface area contributed by atoms with Crippen LogP contribution in [-0.2, 0) is 0 Å². The largest absolute Gasteiger partial charge is 0.313 e. The Morgan fingerprint density at radius 2 is 1.83 bits per heavy atom. The highest BCUT2D eigenvalue weighted by atomic mass is 35.5. The van der Waals surface area contributed by atoms with E-state index in [2.05, 4.69) is 24.3 Å². The minimum absolute atomic E-state index is 0. The van der Waals surface area contributed by atoms with Crippen LogP contribution in [0.25, 0.3) is 0 Å². The van der Waals surface area contributed by atoms with Gasteiger partial charge in [-0.15, -0.1) is 24.8 Å². The van der Waals surface area contributed by atoms with Crippen LogP contribution in [0.5, 0.6) is 0 Å². The molecule has 0 spiro atoms. The van der Waals surface area contributed by atoms with Crippen molar-refractivity contribution >= 4 is 24.8 Å². The third-order valence-electron chi connectivity index (χ3n) is 2.10. The second-order valence-electron chi connectivity index (χ2n) is 3.39. The maximum atomic E-state index is 3.51. The van der Waals surface area contributed by atoms with Crippen molar-refractivity contribution < 1.29 is 0 Å². The standard InChI is InChI=1S/C8H18N2.2ClH/c1-10(2)7-6-9-8-4-3-5-8;;/h8-9H,3-7H2,1-2H3;2*1H. The lowest BCUT2D eigenvalue weighted by Crippen LogP contribution is -2.38. The van der Waals surface area contributed by atoms with Crippen molar-refractivity contribution in [2.75, 3.05) is 27.2 Å². The molecule has 0 aromatic heterocycles. The molecule has 2 nitrogen and oxygen atoms in total. The summed E-state index contributed by atoms with van der Waals surface area (Å²) in [5.74, 6) is 0. The van der Waals surface area contributed by atoms with Crippen LogP contribution in [0.1, 0.15) is 19.3 Å². The van der Waals surface area contributed by atoms with E-state index in [1.807, 2.05) is 0 Å². The molecule has 0 aromatic rings. The number of hydrogen-bond donors (Lipinski definition) is 1. The van der Waals surface area contributed by atoms with Crippen molar-refractivity contribution in [3.63, 3.8) is 0 Å². The van der Waals surface area contributed by atoms with Gasteiger partial charge < -0.3 is 10.2 Å². The van der Waals surface area contributed by atoms with Gasteiger partial charge in [-0.25, -0.2) is 0 Å². The number of likely N-dealkylation sites (N-methyl/N-ethyl adjacent to an activating group) is 1. The summed E-state index contributed by atoms with van der Waals surface area (Å²) in [6.45, 7) is 2.31. The van der Waals surface area contributed by atoms with Gasteiger partial charge in [-0.3, -0.25) is 0 Å². The molecule has 0 saturated heterocycles. The molecule has 1 fully saturated rings. The number of hydrogen-bond acceptors (Lipinski definition) is 2. The highest BCUT2D eigenvalue weighted by Gasteiger charge is 2.15. The van der Waals surface area contributed by atoms with E-state index in [1.54, 1.807) is 0 Å². The average Bonchev–Trinajstić information content (AvgIpc) is 1.75. The van der Waals surface area contributed by atoms with E-state index in [1.165, 1.54) is 19.3 Å². The Labute approximate surface area is 87.9 Å². The van der Waals surface area contributed by atoms with Gasteiger partial charge in [0.2, 0.25) is 0 Å². The number of nitrogens with one attached hydrogen (secondary N) is 1. The molecule has 1 aliphatic carbocycles. The summed E-state index contributed by atoms with van der Waals surface area (Å²) in [7, 11) is 4.23. The van der Waals surface area contributed by atoms with Gasteiger partial charge in [0.1, 0.15) is 0 Å². The molecule has 0 amide bonds. The first kappa shape index (κ1) is 15.0. The molecule has 0 aromatic carbocycles. The molecule has 0 aliphatic heterocycles. The van der Waals surface area contributed by atoms with Gasteiger partial charge in [-0.05, 0) is 26.9 Å². The molecule has 0 heterocycles. The predicted octanol–water partition coefficient (Wildman–Crippen LogP) is 1.53. The first-order chi connectivity index (χ1) is 4.79. The summed E-state index contributed by atoms with van der Waals surface area (Å²) in [6.07, 6.45) is 4.22. The van der Waals surface area contributed by atoms with Crippen molar-refractivity contribution in [3.05, 3.63) is 0 Å². The molecule has 0 atom stereocenters. The quantitative estimate of drug-likeness (QED) is 0.765. The molecule has 1 N–H and O–H groups in total. The lowest BCUT2D eigenvalue weighted by molar-refractivity contribution is 0.315. The molecule has 1 rings (SSSR count). The van der Waals surface area contributed by atoms with Crippen LogP contribution in [-0.4, -0.2) is 38.1 Å². The summed E-state index contributed by atoms with van der Waals surface area (Å²) in [5.41, 5.74) is 0. The van der Waals surface area contributed by atoms with E-state index >= 15 is 0 Å². The zero-order chi connectivity index (χ0) is 7.40. The fourth-order valence-electron chi connectivity index (χ4n) is 1.10. The van der Waals surface area contributed by atoms with Crippen LogP contribution in [0.15, 0.2) is 0 Å². The zero-order valence-corrected chi connectivity index (χ0v) is 9.51. The van der Waals surface area contributed by atoms with Gasteiger partial charge in [-0.1, -0.05) is 6.42 Å². The lowest BCUT2D eigenvalue weighted by Gasteiger charge is -2.27. The highest BCUT2D eigenvalue weighted by molar-refractivity contribution is 5.85. The highest BCUT2D eigenvalue weighted by Crippen LogP contribution is 2.17. The van der Waals surface area contributed by atoms with Crippen molar-refractivity contribution in [1.29, 1.82) is 0 Å². The van der Waals surface area contributed by atoms with Crippen LogP contribution in [0.3, 0.4) is 0 Å². The van der Waals surface area contributed by atoms with Crippen molar-refractivity contribution in [3.8, 4) is 0 Å². The van der Waals surface area contributed by atoms with Crippen molar-refractivity contribution in [1.82, 2.24) is 10.2 Å². The van der Waals surface area contributed by atoms with Gasteiger partial charge in [0, 0.05) is 19.1 Å². The topological polar surface area (TPSA) is 15.3 Å². The van der Waals surface area contributed by atoms with Crippen LogP contribution >= 0.6 is 24.8 Å². The molecule has 0 bridgehead atoms. The summed E-state index contributed by atoms with van der Waals surface area (Å²) in [4.78, 5) is 2.21. The van der Waals surface area contributed by atoms with Crippen LogP contribution in [0.4, 0.5) is 0 Å². The molecule has 0 radical (unpaired) electrons. The minimum Gasteiger partial charge on any atom is -0.313 e. The monoisotopic (exact) mass is 214 g/mol. The van der Waals surface area contributed by atoms with E-state index < -0.39 is 0 Å². The van der Waals surface area contributed by atoms with E-state index in [0.717, 1.165) is 19.1 Å². The molecule has 12 heavy (non-hydrogen) atoms. The molecule has 0 unspecified atom stereocenters. The van der Waals surface area contributed by atoms with E-state index in [-0.39, 0.29) is 24.8 Å². The van der Waals surface area contributed by atoms with Crippen molar-refractivity contribution in [2.45, 2.75) is 25.3 Å². The average molecular weight is 215 g/mol. The third kappa shape index (κ3) is 6.06. The van der Waals surface area contributed by atoms with E-state index in [0.29, 0.717) is 0 Å². The third-order valence-corrected chi connectivity index (χ3v) is 2.10. The maximum Gasteiger partial charge on any atom is 0.0101 e. The smallest absolute Gasteiger partial charge is 0.0101 e. The molecule has 4 heteroatoms. The molecular formula is C8H20Cl2N2. The second-order valence-corrected chi connectivity index (χ2v) is 3.39. The van der Waals surface area contributed by atoms with Crippen LogP contribution in [0, 0.1) is 0 Å². The zero-order valence-electron chi connectivity index (χ0n) is 7.88. The summed E-state index contributed by atoms with van der Waals surface area (Å²) < 4.78 is 0. The SMILES string of the molecule is CN(C)CCNC1CCC1.Cl.Cl.